The molecular weight excluding hydrogens is 282 g/mol. The second-order valence-electron chi connectivity index (χ2n) is 5.42. The first-order valence-electron chi connectivity index (χ1n) is 7.33. The Balaban J connectivity index is 1.80. The molecule has 2 aromatic rings. The van der Waals surface area contributed by atoms with E-state index in [0.29, 0.717) is 12.6 Å². The molecule has 2 nitrogen and oxygen atoms in total. The van der Waals surface area contributed by atoms with Crippen molar-refractivity contribution < 1.29 is 4.74 Å². The van der Waals surface area contributed by atoms with Gasteiger partial charge in [0, 0.05) is 11.1 Å². The molecule has 0 saturated carbocycles. The van der Waals surface area contributed by atoms with Crippen LogP contribution < -0.4 is 10.1 Å². The highest BCUT2D eigenvalue weighted by atomic mass is 35.5. The van der Waals surface area contributed by atoms with Gasteiger partial charge in [-0.2, -0.15) is 0 Å². The standard InChI is InChI=1S/C18H22ClNO/c1-14(2)20-12-11-15-3-5-16(6-4-15)13-21-18-9-7-17(19)8-10-18/h3-10,14,20H,11-13H2,1-2H3. The maximum absolute atomic E-state index is 5.85. The van der Waals surface area contributed by atoms with Crippen molar-refractivity contribution in [2.45, 2.75) is 32.9 Å². The second-order valence-corrected chi connectivity index (χ2v) is 5.85. The van der Waals surface area contributed by atoms with E-state index in [9.17, 15) is 0 Å². The summed E-state index contributed by atoms with van der Waals surface area (Å²) in [4.78, 5) is 0. The first-order chi connectivity index (χ1) is 10.1. The van der Waals surface area contributed by atoms with Crippen molar-refractivity contribution in [3.63, 3.8) is 0 Å². The molecule has 2 aromatic carbocycles. The van der Waals surface area contributed by atoms with E-state index in [-0.39, 0.29) is 0 Å². The fraction of sp³-hybridized carbons (Fsp3) is 0.333. The molecule has 2 rings (SSSR count). The third kappa shape index (κ3) is 5.78. The minimum absolute atomic E-state index is 0.539. The van der Waals surface area contributed by atoms with Crippen LogP contribution in [0.3, 0.4) is 0 Å². The average Bonchev–Trinajstić information content (AvgIpc) is 2.48. The summed E-state index contributed by atoms with van der Waals surface area (Å²) < 4.78 is 5.73. The van der Waals surface area contributed by atoms with Crippen LogP contribution in [-0.4, -0.2) is 12.6 Å². The topological polar surface area (TPSA) is 21.3 Å². The van der Waals surface area contributed by atoms with Gasteiger partial charge in [0.1, 0.15) is 12.4 Å². The molecule has 0 heterocycles. The summed E-state index contributed by atoms with van der Waals surface area (Å²) >= 11 is 5.85. The Kier molecular flexibility index (Phi) is 6.09. The molecule has 0 aromatic heterocycles. The zero-order valence-electron chi connectivity index (χ0n) is 12.6. The molecule has 1 N–H and O–H groups in total. The smallest absolute Gasteiger partial charge is 0.119 e. The highest BCUT2D eigenvalue weighted by Crippen LogP contribution is 2.17. The molecule has 3 heteroatoms. The van der Waals surface area contributed by atoms with Gasteiger partial charge in [-0.15, -0.1) is 0 Å². The fourth-order valence-corrected chi connectivity index (χ4v) is 2.13. The first-order valence-corrected chi connectivity index (χ1v) is 7.71. The third-order valence-corrected chi connectivity index (χ3v) is 3.46. The van der Waals surface area contributed by atoms with Crippen molar-refractivity contribution in [1.29, 1.82) is 0 Å². The van der Waals surface area contributed by atoms with Crippen molar-refractivity contribution in [3.05, 3.63) is 64.7 Å². The number of benzene rings is 2. The van der Waals surface area contributed by atoms with Crippen LogP contribution in [0.1, 0.15) is 25.0 Å². The third-order valence-electron chi connectivity index (χ3n) is 3.21. The van der Waals surface area contributed by atoms with E-state index in [2.05, 4.69) is 43.4 Å². The molecule has 0 bridgehead atoms. The molecule has 0 amide bonds. The summed E-state index contributed by atoms with van der Waals surface area (Å²) in [5.74, 6) is 0.838. The lowest BCUT2D eigenvalue weighted by atomic mass is 10.1. The van der Waals surface area contributed by atoms with Gasteiger partial charge in [-0.25, -0.2) is 0 Å². The molecule has 21 heavy (non-hydrogen) atoms. The normalized spacial score (nSPS) is 10.9. The fourth-order valence-electron chi connectivity index (χ4n) is 2.00. The summed E-state index contributed by atoms with van der Waals surface area (Å²) in [7, 11) is 0. The molecule has 0 fully saturated rings. The highest BCUT2D eigenvalue weighted by Gasteiger charge is 1.98. The zero-order valence-corrected chi connectivity index (χ0v) is 13.4. The number of ether oxygens (including phenoxy) is 1. The summed E-state index contributed by atoms with van der Waals surface area (Å²) in [5, 5.41) is 4.15. The minimum atomic E-state index is 0.539. The molecule has 0 spiro atoms. The Bertz CT molecular complexity index is 534. The van der Waals surface area contributed by atoms with Crippen molar-refractivity contribution >= 4 is 11.6 Å². The first kappa shape index (κ1) is 15.9. The highest BCUT2D eigenvalue weighted by molar-refractivity contribution is 6.30. The van der Waals surface area contributed by atoms with Crippen LogP contribution >= 0.6 is 11.6 Å². The predicted octanol–water partition coefficient (Wildman–Crippen LogP) is 4.46. The van der Waals surface area contributed by atoms with Crippen LogP contribution in [0.25, 0.3) is 0 Å². The Labute approximate surface area is 132 Å². The van der Waals surface area contributed by atoms with E-state index in [1.54, 1.807) is 0 Å². The maximum atomic E-state index is 5.85. The van der Waals surface area contributed by atoms with Crippen molar-refractivity contribution in [3.8, 4) is 5.75 Å². The molecule has 0 aliphatic carbocycles. The van der Waals surface area contributed by atoms with E-state index in [1.165, 1.54) is 11.1 Å². The zero-order chi connectivity index (χ0) is 15.1. The predicted molar refractivity (Wildman–Crippen MR) is 89.1 cm³/mol. The Morgan fingerprint density at radius 1 is 0.952 bits per heavy atom. The Morgan fingerprint density at radius 3 is 2.19 bits per heavy atom. The molecule has 0 unspecified atom stereocenters. The summed E-state index contributed by atoms with van der Waals surface area (Å²) in [6, 6.07) is 16.6. The molecule has 0 saturated heterocycles. The summed E-state index contributed by atoms with van der Waals surface area (Å²) in [6.45, 7) is 5.92. The SMILES string of the molecule is CC(C)NCCc1ccc(COc2ccc(Cl)cc2)cc1. The lowest BCUT2D eigenvalue weighted by molar-refractivity contribution is 0.306. The molecule has 0 aliphatic heterocycles. The van der Waals surface area contributed by atoms with Gasteiger partial charge in [-0.05, 0) is 48.4 Å². The van der Waals surface area contributed by atoms with Gasteiger partial charge in [-0.1, -0.05) is 49.7 Å². The van der Waals surface area contributed by atoms with Crippen LogP contribution in [-0.2, 0) is 13.0 Å². The quantitative estimate of drug-likeness (QED) is 0.815. The second kappa shape index (κ2) is 8.06. The summed E-state index contributed by atoms with van der Waals surface area (Å²) in [5.41, 5.74) is 2.52. The van der Waals surface area contributed by atoms with Crippen molar-refractivity contribution in [2.24, 2.45) is 0 Å². The largest absolute Gasteiger partial charge is 0.489 e. The molecular formula is C18H22ClNO. The van der Waals surface area contributed by atoms with E-state index >= 15 is 0 Å². The lowest BCUT2D eigenvalue weighted by Crippen LogP contribution is -2.24. The van der Waals surface area contributed by atoms with E-state index < -0.39 is 0 Å². The van der Waals surface area contributed by atoms with Gasteiger partial charge in [0.05, 0.1) is 0 Å². The van der Waals surface area contributed by atoms with Gasteiger partial charge in [0.2, 0.25) is 0 Å². The molecule has 0 atom stereocenters. The van der Waals surface area contributed by atoms with Crippen LogP contribution in [0.2, 0.25) is 5.02 Å². The van der Waals surface area contributed by atoms with Gasteiger partial charge >= 0.3 is 0 Å². The number of rotatable bonds is 7. The number of hydrogen-bond donors (Lipinski definition) is 1. The minimum Gasteiger partial charge on any atom is -0.489 e. The van der Waals surface area contributed by atoms with E-state index in [1.807, 2.05) is 24.3 Å². The number of halogens is 1. The Morgan fingerprint density at radius 2 is 1.57 bits per heavy atom. The van der Waals surface area contributed by atoms with Crippen LogP contribution in [0, 0.1) is 0 Å². The van der Waals surface area contributed by atoms with E-state index in [4.69, 9.17) is 16.3 Å². The lowest BCUT2D eigenvalue weighted by Gasteiger charge is -2.09. The summed E-state index contributed by atoms with van der Waals surface area (Å²) in [6.07, 6.45) is 1.05. The maximum Gasteiger partial charge on any atom is 0.119 e. The van der Waals surface area contributed by atoms with Gasteiger partial charge in [0.15, 0.2) is 0 Å². The van der Waals surface area contributed by atoms with Gasteiger partial charge in [0.25, 0.3) is 0 Å². The van der Waals surface area contributed by atoms with Crippen LogP contribution in [0.15, 0.2) is 48.5 Å². The van der Waals surface area contributed by atoms with Crippen molar-refractivity contribution in [2.75, 3.05) is 6.54 Å². The molecule has 0 aliphatic rings. The Hall–Kier alpha value is -1.51. The van der Waals surface area contributed by atoms with Gasteiger partial charge < -0.3 is 10.1 Å². The number of hydrogen-bond acceptors (Lipinski definition) is 2. The average molecular weight is 304 g/mol. The van der Waals surface area contributed by atoms with Crippen molar-refractivity contribution in [1.82, 2.24) is 5.32 Å². The van der Waals surface area contributed by atoms with E-state index in [0.717, 1.165) is 23.7 Å². The van der Waals surface area contributed by atoms with Crippen LogP contribution in [0.4, 0.5) is 0 Å². The molecule has 0 radical (unpaired) electrons. The monoisotopic (exact) mass is 303 g/mol. The number of nitrogens with one attached hydrogen (secondary N) is 1. The molecule has 112 valence electrons. The van der Waals surface area contributed by atoms with Gasteiger partial charge in [-0.3, -0.25) is 0 Å². The van der Waals surface area contributed by atoms with Crippen LogP contribution in [0.5, 0.6) is 5.75 Å².